The van der Waals surface area contributed by atoms with Crippen LogP contribution >= 0.6 is 11.6 Å². The van der Waals surface area contributed by atoms with E-state index in [2.05, 4.69) is 17.2 Å². The Balaban J connectivity index is 1.99. The molecule has 0 aromatic carbocycles. The quantitative estimate of drug-likeness (QED) is 0.850. The molecule has 0 amide bonds. The van der Waals surface area contributed by atoms with E-state index in [9.17, 15) is 13.2 Å². The van der Waals surface area contributed by atoms with Crippen molar-refractivity contribution >= 4 is 17.4 Å². The highest BCUT2D eigenvalue weighted by Crippen LogP contribution is 2.33. The first-order chi connectivity index (χ1) is 9.38. The molecular weight excluding hydrogens is 289 g/mol. The summed E-state index contributed by atoms with van der Waals surface area (Å²) >= 11 is 5.86. The van der Waals surface area contributed by atoms with E-state index < -0.39 is 11.7 Å². The SMILES string of the molecule is CC1CCCCC1CNc1ncc(C(F)(F)F)cc1Cl. The Morgan fingerprint density at radius 1 is 1.35 bits per heavy atom. The number of hydrogen-bond donors (Lipinski definition) is 1. The highest BCUT2D eigenvalue weighted by atomic mass is 35.5. The lowest BCUT2D eigenvalue weighted by molar-refractivity contribution is -0.137. The van der Waals surface area contributed by atoms with Crippen molar-refractivity contribution in [3.8, 4) is 0 Å². The van der Waals surface area contributed by atoms with Gasteiger partial charge in [0.15, 0.2) is 0 Å². The standard InChI is InChI=1S/C14H18ClF3N2/c1-9-4-2-3-5-10(9)7-19-13-12(15)6-11(8-20-13)14(16,17)18/h6,8-10H,2-5,7H2,1H3,(H,19,20). The van der Waals surface area contributed by atoms with Gasteiger partial charge in [-0.15, -0.1) is 0 Å². The second-order valence-corrected chi connectivity index (χ2v) is 5.86. The number of rotatable bonds is 3. The van der Waals surface area contributed by atoms with E-state index in [-0.39, 0.29) is 5.02 Å². The molecular formula is C14H18ClF3N2. The van der Waals surface area contributed by atoms with E-state index in [0.717, 1.165) is 18.7 Å². The number of nitrogens with one attached hydrogen (secondary N) is 1. The molecule has 0 spiro atoms. The van der Waals surface area contributed by atoms with Crippen molar-refractivity contribution in [2.45, 2.75) is 38.8 Å². The molecule has 2 atom stereocenters. The number of aromatic nitrogens is 1. The second kappa shape index (κ2) is 6.20. The van der Waals surface area contributed by atoms with Crippen molar-refractivity contribution in [3.05, 3.63) is 22.8 Å². The lowest BCUT2D eigenvalue weighted by atomic mass is 9.80. The highest BCUT2D eigenvalue weighted by Gasteiger charge is 2.31. The average molecular weight is 307 g/mol. The van der Waals surface area contributed by atoms with E-state index in [0.29, 0.717) is 24.2 Å². The van der Waals surface area contributed by atoms with Gasteiger partial charge in [-0.2, -0.15) is 13.2 Å². The molecule has 6 heteroatoms. The van der Waals surface area contributed by atoms with E-state index in [4.69, 9.17) is 11.6 Å². The van der Waals surface area contributed by atoms with Gasteiger partial charge in [0, 0.05) is 12.7 Å². The molecule has 2 rings (SSSR count). The summed E-state index contributed by atoms with van der Waals surface area (Å²) in [6, 6.07) is 0.918. The third kappa shape index (κ3) is 3.78. The first-order valence-electron chi connectivity index (χ1n) is 6.84. The first kappa shape index (κ1) is 15.4. The Kier molecular flexibility index (Phi) is 4.78. The van der Waals surface area contributed by atoms with Gasteiger partial charge in [-0.1, -0.05) is 37.8 Å². The van der Waals surface area contributed by atoms with Crippen molar-refractivity contribution in [2.24, 2.45) is 11.8 Å². The van der Waals surface area contributed by atoms with Crippen LogP contribution in [0.1, 0.15) is 38.2 Å². The summed E-state index contributed by atoms with van der Waals surface area (Å²) in [7, 11) is 0. The van der Waals surface area contributed by atoms with Crippen LogP contribution in [0.2, 0.25) is 5.02 Å². The average Bonchev–Trinajstić information content (AvgIpc) is 2.38. The van der Waals surface area contributed by atoms with Gasteiger partial charge in [0.25, 0.3) is 0 Å². The van der Waals surface area contributed by atoms with E-state index >= 15 is 0 Å². The largest absolute Gasteiger partial charge is 0.417 e. The molecule has 1 aliphatic rings. The number of hydrogen-bond acceptors (Lipinski definition) is 2. The maximum atomic E-state index is 12.5. The van der Waals surface area contributed by atoms with Crippen LogP contribution in [-0.4, -0.2) is 11.5 Å². The van der Waals surface area contributed by atoms with Crippen molar-refractivity contribution in [2.75, 3.05) is 11.9 Å². The Morgan fingerprint density at radius 2 is 2.05 bits per heavy atom. The van der Waals surface area contributed by atoms with Gasteiger partial charge in [0.2, 0.25) is 0 Å². The lowest BCUT2D eigenvalue weighted by Crippen LogP contribution is -2.24. The van der Waals surface area contributed by atoms with E-state index in [1.54, 1.807) is 0 Å². The number of halogens is 4. The third-order valence-electron chi connectivity index (χ3n) is 3.99. The van der Waals surface area contributed by atoms with Gasteiger partial charge in [0.05, 0.1) is 10.6 Å². The molecule has 1 aromatic rings. The van der Waals surface area contributed by atoms with Crippen LogP contribution in [0, 0.1) is 11.8 Å². The van der Waals surface area contributed by atoms with Gasteiger partial charge < -0.3 is 5.32 Å². The maximum Gasteiger partial charge on any atom is 0.417 e. The van der Waals surface area contributed by atoms with Gasteiger partial charge in [-0.3, -0.25) is 0 Å². The molecule has 1 saturated carbocycles. The van der Waals surface area contributed by atoms with Crippen LogP contribution in [0.5, 0.6) is 0 Å². The van der Waals surface area contributed by atoms with E-state index in [1.807, 2.05) is 0 Å². The van der Waals surface area contributed by atoms with Crippen LogP contribution in [-0.2, 0) is 6.18 Å². The van der Waals surface area contributed by atoms with Gasteiger partial charge in [-0.05, 0) is 24.3 Å². The van der Waals surface area contributed by atoms with Crippen molar-refractivity contribution < 1.29 is 13.2 Å². The van der Waals surface area contributed by atoms with E-state index in [1.165, 1.54) is 19.3 Å². The molecule has 0 radical (unpaired) electrons. The second-order valence-electron chi connectivity index (χ2n) is 5.45. The summed E-state index contributed by atoms with van der Waals surface area (Å²) in [6.45, 7) is 2.92. The number of alkyl halides is 3. The number of pyridine rings is 1. The fraction of sp³-hybridized carbons (Fsp3) is 0.643. The molecule has 2 nitrogen and oxygen atoms in total. The zero-order valence-corrected chi connectivity index (χ0v) is 12.1. The fourth-order valence-corrected chi connectivity index (χ4v) is 2.88. The maximum absolute atomic E-state index is 12.5. The van der Waals surface area contributed by atoms with Crippen molar-refractivity contribution in [3.63, 3.8) is 0 Å². The molecule has 112 valence electrons. The molecule has 1 aromatic heterocycles. The lowest BCUT2D eigenvalue weighted by Gasteiger charge is -2.29. The third-order valence-corrected chi connectivity index (χ3v) is 4.28. The van der Waals surface area contributed by atoms with Gasteiger partial charge >= 0.3 is 6.18 Å². The van der Waals surface area contributed by atoms with Gasteiger partial charge in [-0.25, -0.2) is 4.98 Å². The molecule has 0 aliphatic heterocycles. The number of nitrogens with zero attached hydrogens (tertiary/aromatic N) is 1. The van der Waals surface area contributed by atoms with Crippen LogP contribution in [0.15, 0.2) is 12.3 Å². The van der Waals surface area contributed by atoms with Crippen LogP contribution in [0.25, 0.3) is 0 Å². The zero-order valence-electron chi connectivity index (χ0n) is 11.3. The fourth-order valence-electron chi connectivity index (χ4n) is 2.65. The summed E-state index contributed by atoms with van der Waals surface area (Å²) in [6.07, 6.45) is 1.24. The summed E-state index contributed by atoms with van der Waals surface area (Å²) in [5.41, 5.74) is -0.820. The smallest absolute Gasteiger partial charge is 0.369 e. The van der Waals surface area contributed by atoms with Crippen molar-refractivity contribution in [1.82, 2.24) is 4.98 Å². The van der Waals surface area contributed by atoms with Crippen LogP contribution in [0.4, 0.5) is 19.0 Å². The molecule has 0 saturated heterocycles. The Hall–Kier alpha value is -0.970. The minimum Gasteiger partial charge on any atom is -0.369 e. The normalized spacial score (nSPS) is 23.6. The van der Waals surface area contributed by atoms with Gasteiger partial charge in [0.1, 0.15) is 5.82 Å². The minimum absolute atomic E-state index is 0.0169. The summed E-state index contributed by atoms with van der Waals surface area (Å²) < 4.78 is 37.5. The molecule has 0 bridgehead atoms. The van der Waals surface area contributed by atoms with Crippen molar-refractivity contribution in [1.29, 1.82) is 0 Å². The Morgan fingerprint density at radius 3 is 2.65 bits per heavy atom. The Labute approximate surface area is 121 Å². The minimum atomic E-state index is -4.41. The molecule has 2 unspecified atom stereocenters. The molecule has 1 N–H and O–H groups in total. The van der Waals surface area contributed by atoms with Crippen LogP contribution < -0.4 is 5.32 Å². The van der Waals surface area contributed by atoms with Crippen LogP contribution in [0.3, 0.4) is 0 Å². The Bertz CT molecular complexity index is 462. The molecule has 20 heavy (non-hydrogen) atoms. The molecule has 1 heterocycles. The first-order valence-corrected chi connectivity index (χ1v) is 7.22. The monoisotopic (exact) mass is 306 g/mol. The topological polar surface area (TPSA) is 24.9 Å². The summed E-state index contributed by atoms with van der Waals surface area (Å²) in [5.74, 6) is 1.49. The molecule has 1 fully saturated rings. The predicted molar refractivity (Wildman–Crippen MR) is 73.9 cm³/mol. The molecule has 1 aliphatic carbocycles. The summed E-state index contributed by atoms with van der Waals surface area (Å²) in [5, 5.41) is 3.10. The zero-order chi connectivity index (χ0) is 14.8. The number of anilines is 1. The predicted octanol–water partition coefficient (Wildman–Crippen LogP) is 4.99. The highest BCUT2D eigenvalue weighted by molar-refractivity contribution is 6.32. The summed E-state index contributed by atoms with van der Waals surface area (Å²) in [4.78, 5) is 3.79.